The number of aromatic nitrogens is 2. The number of aldehydes is 1. The lowest BCUT2D eigenvalue weighted by molar-refractivity contribution is 0.112. The Labute approximate surface area is 128 Å². The maximum atomic E-state index is 11.4. The molecule has 1 aromatic carbocycles. The Bertz CT molecular complexity index is 687. The molecule has 2 aromatic rings. The van der Waals surface area contributed by atoms with E-state index in [9.17, 15) is 4.79 Å². The monoisotopic (exact) mass is 301 g/mol. The molecule has 1 aliphatic heterocycles. The largest absolute Gasteiger partial charge is 0.325 e. The number of halogens is 1. The topological polar surface area (TPSA) is 46.1 Å². The van der Waals surface area contributed by atoms with Gasteiger partial charge in [-0.25, -0.2) is 9.97 Å². The third-order valence-corrected chi connectivity index (χ3v) is 4.01. The number of benzene rings is 1. The molecular weight excluding hydrogens is 286 g/mol. The predicted octanol–water partition coefficient (Wildman–Crippen LogP) is 3.73. The summed E-state index contributed by atoms with van der Waals surface area (Å²) in [5.41, 5.74) is 2.74. The molecule has 21 heavy (non-hydrogen) atoms. The van der Waals surface area contributed by atoms with Gasteiger partial charge in [-0.1, -0.05) is 29.8 Å². The van der Waals surface area contributed by atoms with Gasteiger partial charge in [-0.15, -0.1) is 0 Å². The van der Waals surface area contributed by atoms with E-state index in [4.69, 9.17) is 11.6 Å². The molecule has 2 heterocycles. The van der Waals surface area contributed by atoms with Crippen LogP contribution < -0.4 is 4.90 Å². The molecule has 0 saturated carbocycles. The zero-order valence-corrected chi connectivity index (χ0v) is 12.6. The van der Waals surface area contributed by atoms with Gasteiger partial charge in [0, 0.05) is 12.2 Å². The van der Waals surface area contributed by atoms with E-state index in [0.29, 0.717) is 17.2 Å². The van der Waals surface area contributed by atoms with Crippen molar-refractivity contribution in [2.75, 3.05) is 11.4 Å². The zero-order chi connectivity index (χ0) is 14.8. The zero-order valence-electron chi connectivity index (χ0n) is 11.8. The molecule has 0 aliphatic carbocycles. The molecule has 4 nitrogen and oxygen atoms in total. The summed E-state index contributed by atoms with van der Waals surface area (Å²) in [6.07, 6.45) is 3.96. The van der Waals surface area contributed by atoms with Crippen LogP contribution in [0.5, 0.6) is 0 Å². The lowest BCUT2D eigenvalue weighted by Gasteiger charge is -2.25. The minimum Gasteiger partial charge on any atom is -0.325 e. The number of aryl methyl sites for hydroxylation is 2. The highest BCUT2D eigenvalue weighted by atomic mass is 35.5. The number of para-hydroxylation sites is 1. The first-order valence-corrected chi connectivity index (χ1v) is 7.43. The van der Waals surface area contributed by atoms with Crippen LogP contribution in [0.15, 0.2) is 24.3 Å². The molecule has 1 aliphatic rings. The van der Waals surface area contributed by atoms with Crippen LogP contribution in [0.4, 0.5) is 11.5 Å². The van der Waals surface area contributed by atoms with Crippen LogP contribution in [0.1, 0.15) is 34.6 Å². The molecular formula is C16H16ClN3O. The number of hydrogen-bond acceptors (Lipinski definition) is 4. The van der Waals surface area contributed by atoms with Crippen molar-refractivity contribution in [1.82, 2.24) is 9.97 Å². The first kappa shape index (κ1) is 14.0. The van der Waals surface area contributed by atoms with E-state index in [2.05, 4.69) is 27.0 Å². The standard InChI is InChI=1S/C16H16ClN3O/c1-11-18-15(17)13(10-21)16(19-11)20-9-5-4-7-12-6-2-3-8-14(12)20/h2-3,6,8,10H,4-5,7,9H2,1H3. The van der Waals surface area contributed by atoms with Crippen LogP contribution in [0, 0.1) is 6.92 Å². The van der Waals surface area contributed by atoms with Crippen molar-refractivity contribution in [3.63, 3.8) is 0 Å². The second-order valence-electron chi connectivity index (χ2n) is 5.15. The Morgan fingerprint density at radius 2 is 2.05 bits per heavy atom. The number of nitrogens with zero attached hydrogens (tertiary/aromatic N) is 3. The predicted molar refractivity (Wildman–Crippen MR) is 83.6 cm³/mol. The molecule has 0 unspecified atom stereocenters. The summed E-state index contributed by atoms with van der Waals surface area (Å²) in [6, 6.07) is 8.25. The summed E-state index contributed by atoms with van der Waals surface area (Å²) < 4.78 is 0. The molecule has 0 N–H and O–H groups in total. The number of carbonyl (C=O) groups is 1. The third kappa shape index (κ3) is 2.63. The van der Waals surface area contributed by atoms with Crippen molar-refractivity contribution in [2.45, 2.75) is 26.2 Å². The lowest BCUT2D eigenvalue weighted by atomic mass is 10.1. The first-order chi connectivity index (χ1) is 10.2. The molecule has 3 rings (SSSR count). The molecule has 0 spiro atoms. The molecule has 0 atom stereocenters. The number of anilines is 2. The molecule has 0 radical (unpaired) electrons. The third-order valence-electron chi connectivity index (χ3n) is 3.72. The van der Waals surface area contributed by atoms with Gasteiger partial charge in [-0.05, 0) is 37.8 Å². The van der Waals surface area contributed by atoms with Crippen LogP contribution in [0.3, 0.4) is 0 Å². The molecule has 5 heteroatoms. The van der Waals surface area contributed by atoms with Crippen LogP contribution in [0.25, 0.3) is 0 Å². The van der Waals surface area contributed by atoms with Gasteiger partial charge in [0.05, 0.1) is 5.56 Å². The van der Waals surface area contributed by atoms with Crippen LogP contribution in [0.2, 0.25) is 5.15 Å². The average molecular weight is 302 g/mol. The average Bonchev–Trinajstić information content (AvgIpc) is 2.68. The van der Waals surface area contributed by atoms with E-state index >= 15 is 0 Å². The smallest absolute Gasteiger partial charge is 0.156 e. The summed E-state index contributed by atoms with van der Waals surface area (Å²) >= 11 is 6.11. The number of rotatable bonds is 2. The fraction of sp³-hybridized carbons (Fsp3) is 0.312. The quantitative estimate of drug-likeness (QED) is 0.626. The Kier molecular flexibility index (Phi) is 3.88. The van der Waals surface area contributed by atoms with Crippen LogP contribution in [-0.4, -0.2) is 22.8 Å². The summed E-state index contributed by atoms with van der Waals surface area (Å²) in [7, 11) is 0. The number of fused-ring (bicyclic) bond motifs is 1. The van der Waals surface area contributed by atoms with E-state index in [1.807, 2.05) is 12.1 Å². The summed E-state index contributed by atoms with van der Waals surface area (Å²) in [5, 5.41) is 0.217. The number of hydrogen-bond donors (Lipinski definition) is 0. The highest BCUT2D eigenvalue weighted by Gasteiger charge is 2.22. The lowest BCUT2D eigenvalue weighted by Crippen LogP contribution is -2.21. The Morgan fingerprint density at radius 1 is 1.24 bits per heavy atom. The van der Waals surface area contributed by atoms with Gasteiger partial charge in [0.2, 0.25) is 0 Å². The van der Waals surface area contributed by atoms with Gasteiger partial charge in [-0.3, -0.25) is 4.79 Å². The molecule has 0 amide bonds. The first-order valence-electron chi connectivity index (χ1n) is 7.05. The van der Waals surface area contributed by atoms with E-state index in [1.54, 1.807) is 6.92 Å². The fourth-order valence-electron chi connectivity index (χ4n) is 2.75. The number of carbonyl (C=O) groups excluding carboxylic acids is 1. The van der Waals surface area contributed by atoms with Gasteiger partial charge in [0.1, 0.15) is 16.8 Å². The second-order valence-corrected chi connectivity index (χ2v) is 5.51. The van der Waals surface area contributed by atoms with E-state index in [-0.39, 0.29) is 5.15 Å². The van der Waals surface area contributed by atoms with Crippen molar-refractivity contribution >= 4 is 29.4 Å². The van der Waals surface area contributed by atoms with Gasteiger partial charge >= 0.3 is 0 Å². The maximum Gasteiger partial charge on any atom is 0.156 e. The van der Waals surface area contributed by atoms with Crippen LogP contribution >= 0.6 is 11.6 Å². The Morgan fingerprint density at radius 3 is 2.86 bits per heavy atom. The summed E-state index contributed by atoms with van der Waals surface area (Å²) in [4.78, 5) is 22.0. The molecule has 0 fully saturated rings. The highest BCUT2D eigenvalue weighted by Crippen LogP contribution is 2.34. The minimum absolute atomic E-state index is 0.217. The van der Waals surface area contributed by atoms with Gasteiger partial charge in [0.15, 0.2) is 6.29 Å². The summed E-state index contributed by atoms with van der Waals surface area (Å²) in [5.74, 6) is 1.18. The molecule has 1 aromatic heterocycles. The van der Waals surface area contributed by atoms with E-state index < -0.39 is 0 Å². The fourth-order valence-corrected chi connectivity index (χ4v) is 3.00. The van der Waals surface area contributed by atoms with E-state index in [0.717, 1.165) is 37.8 Å². The van der Waals surface area contributed by atoms with Gasteiger partial charge in [0.25, 0.3) is 0 Å². The van der Waals surface area contributed by atoms with Crippen molar-refractivity contribution < 1.29 is 4.79 Å². The van der Waals surface area contributed by atoms with Gasteiger partial charge < -0.3 is 4.90 Å². The van der Waals surface area contributed by atoms with Gasteiger partial charge in [-0.2, -0.15) is 0 Å². The SMILES string of the molecule is Cc1nc(Cl)c(C=O)c(N2CCCCc3ccccc32)n1. The second kappa shape index (κ2) is 5.82. The Balaban J connectivity index is 2.18. The highest BCUT2D eigenvalue weighted by molar-refractivity contribution is 6.32. The van der Waals surface area contributed by atoms with Crippen molar-refractivity contribution in [3.8, 4) is 0 Å². The van der Waals surface area contributed by atoms with Crippen molar-refractivity contribution in [3.05, 3.63) is 46.4 Å². The van der Waals surface area contributed by atoms with E-state index in [1.165, 1.54) is 5.56 Å². The normalized spacial score (nSPS) is 14.5. The van der Waals surface area contributed by atoms with Crippen molar-refractivity contribution in [2.24, 2.45) is 0 Å². The van der Waals surface area contributed by atoms with Crippen LogP contribution in [-0.2, 0) is 6.42 Å². The minimum atomic E-state index is 0.217. The summed E-state index contributed by atoms with van der Waals surface area (Å²) in [6.45, 7) is 2.61. The Hall–Kier alpha value is -1.94. The molecule has 0 saturated heterocycles. The molecule has 0 bridgehead atoms. The maximum absolute atomic E-state index is 11.4. The van der Waals surface area contributed by atoms with Crippen molar-refractivity contribution in [1.29, 1.82) is 0 Å². The molecule has 108 valence electrons.